The molecular weight excluding hydrogens is 285 g/mol. The SMILES string of the molecule is CC#Cc1ccc(C2=NNC(=O)O[C@H]2C)cc1C(F)(F)F. The number of carbonyl (C=O) groups excluding carboxylic acids is 1. The minimum atomic E-state index is -4.53. The maximum absolute atomic E-state index is 13.1. The normalized spacial score (nSPS) is 18.0. The van der Waals surface area contributed by atoms with E-state index in [-0.39, 0.29) is 16.8 Å². The minimum absolute atomic E-state index is 0.109. The van der Waals surface area contributed by atoms with Crippen LogP contribution >= 0.6 is 0 Å². The number of rotatable bonds is 1. The lowest BCUT2D eigenvalue weighted by atomic mass is 9.99. The topological polar surface area (TPSA) is 50.7 Å². The van der Waals surface area contributed by atoms with Crippen LogP contribution in [-0.2, 0) is 10.9 Å². The number of hydrogen-bond acceptors (Lipinski definition) is 3. The monoisotopic (exact) mass is 296 g/mol. The van der Waals surface area contributed by atoms with Gasteiger partial charge < -0.3 is 4.74 Å². The summed E-state index contributed by atoms with van der Waals surface area (Å²) in [7, 11) is 0. The summed E-state index contributed by atoms with van der Waals surface area (Å²) in [5.74, 6) is 4.87. The number of hydrogen-bond donors (Lipinski definition) is 1. The molecule has 1 amide bonds. The zero-order chi connectivity index (χ0) is 15.6. The van der Waals surface area contributed by atoms with E-state index in [1.54, 1.807) is 0 Å². The molecule has 1 aromatic carbocycles. The van der Waals surface area contributed by atoms with Gasteiger partial charge in [-0.15, -0.1) is 5.92 Å². The van der Waals surface area contributed by atoms with E-state index in [2.05, 4.69) is 22.4 Å². The first-order valence-corrected chi connectivity index (χ1v) is 6.01. The molecule has 2 rings (SSSR count). The van der Waals surface area contributed by atoms with Gasteiger partial charge in [0.2, 0.25) is 0 Å². The van der Waals surface area contributed by atoms with Crippen molar-refractivity contribution in [2.75, 3.05) is 0 Å². The summed E-state index contributed by atoms with van der Waals surface area (Å²) in [5.41, 5.74) is 1.56. The van der Waals surface area contributed by atoms with E-state index >= 15 is 0 Å². The van der Waals surface area contributed by atoms with Crippen LogP contribution in [0, 0.1) is 11.8 Å². The third-order valence-corrected chi connectivity index (χ3v) is 2.82. The summed E-state index contributed by atoms with van der Waals surface area (Å²) < 4.78 is 44.1. The van der Waals surface area contributed by atoms with Crippen molar-refractivity contribution in [1.82, 2.24) is 5.43 Å². The zero-order valence-corrected chi connectivity index (χ0v) is 11.2. The van der Waals surface area contributed by atoms with Crippen molar-refractivity contribution in [3.8, 4) is 11.8 Å². The molecule has 0 fully saturated rings. The molecule has 0 aromatic heterocycles. The van der Waals surface area contributed by atoms with Crippen molar-refractivity contribution in [2.24, 2.45) is 5.10 Å². The number of halogens is 3. The molecule has 0 saturated heterocycles. The Balaban J connectivity index is 2.52. The van der Waals surface area contributed by atoms with E-state index in [1.165, 1.54) is 26.0 Å². The number of carbonyl (C=O) groups is 1. The number of nitrogens with zero attached hydrogens (tertiary/aromatic N) is 1. The molecule has 7 heteroatoms. The van der Waals surface area contributed by atoms with E-state index in [0.29, 0.717) is 0 Å². The van der Waals surface area contributed by atoms with Crippen LogP contribution in [0.2, 0.25) is 0 Å². The largest absolute Gasteiger partial charge is 0.439 e. The second-order valence-electron chi connectivity index (χ2n) is 4.29. The molecule has 1 aliphatic heterocycles. The summed E-state index contributed by atoms with van der Waals surface area (Å²) in [6.07, 6.45) is -6.00. The third kappa shape index (κ3) is 3.16. The van der Waals surface area contributed by atoms with Crippen molar-refractivity contribution in [2.45, 2.75) is 26.1 Å². The van der Waals surface area contributed by atoms with E-state index in [1.807, 2.05) is 0 Å². The number of amides is 1. The quantitative estimate of drug-likeness (QED) is 0.810. The molecule has 1 aromatic rings. The average molecular weight is 296 g/mol. The predicted molar refractivity (Wildman–Crippen MR) is 69.6 cm³/mol. The second kappa shape index (κ2) is 5.48. The van der Waals surface area contributed by atoms with Crippen molar-refractivity contribution >= 4 is 11.8 Å². The fraction of sp³-hybridized carbons (Fsp3) is 0.286. The van der Waals surface area contributed by atoms with E-state index in [4.69, 9.17) is 4.74 Å². The Hall–Kier alpha value is -2.49. The van der Waals surface area contributed by atoms with Crippen LogP contribution in [0.15, 0.2) is 23.3 Å². The van der Waals surface area contributed by atoms with Crippen LogP contribution in [0.5, 0.6) is 0 Å². The molecule has 0 unspecified atom stereocenters. The first kappa shape index (κ1) is 14.9. The summed E-state index contributed by atoms with van der Waals surface area (Å²) in [4.78, 5) is 11.0. The first-order chi connectivity index (χ1) is 9.82. The van der Waals surface area contributed by atoms with Gasteiger partial charge in [0.15, 0.2) is 0 Å². The van der Waals surface area contributed by atoms with Crippen LogP contribution in [0.25, 0.3) is 0 Å². The summed E-state index contributed by atoms with van der Waals surface area (Å²) in [5, 5.41) is 3.75. The number of alkyl halides is 3. The lowest BCUT2D eigenvalue weighted by Crippen LogP contribution is -2.37. The van der Waals surface area contributed by atoms with Gasteiger partial charge in [0.05, 0.1) is 5.56 Å². The minimum Gasteiger partial charge on any atom is -0.439 e. The lowest BCUT2D eigenvalue weighted by Gasteiger charge is -2.21. The van der Waals surface area contributed by atoms with Gasteiger partial charge in [-0.1, -0.05) is 12.0 Å². The number of benzene rings is 1. The van der Waals surface area contributed by atoms with Crippen LogP contribution in [-0.4, -0.2) is 17.9 Å². The van der Waals surface area contributed by atoms with Gasteiger partial charge in [-0.25, -0.2) is 10.2 Å². The molecule has 110 valence electrons. The van der Waals surface area contributed by atoms with Crippen LogP contribution in [0.3, 0.4) is 0 Å². The Morgan fingerprint density at radius 2 is 2.10 bits per heavy atom. The molecular formula is C14H11F3N2O2. The fourth-order valence-electron chi connectivity index (χ4n) is 1.92. The summed E-state index contributed by atoms with van der Waals surface area (Å²) >= 11 is 0. The standard InChI is InChI=1S/C14H11F3N2O2/c1-3-4-9-5-6-10(7-11(9)14(15,16)17)12-8(2)21-13(20)19-18-12/h5-8H,1-2H3,(H,19,20)/t8-/m0/s1. The number of hydrazone groups is 1. The molecule has 21 heavy (non-hydrogen) atoms. The maximum atomic E-state index is 13.1. The molecule has 1 aliphatic rings. The molecule has 0 saturated carbocycles. The van der Waals surface area contributed by atoms with Gasteiger partial charge in [0.25, 0.3) is 0 Å². The molecule has 0 bridgehead atoms. The zero-order valence-electron chi connectivity index (χ0n) is 11.2. The van der Waals surface area contributed by atoms with Crippen molar-refractivity contribution < 1.29 is 22.7 Å². The molecule has 4 nitrogen and oxygen atoms in total. The molecule has 1 N–H and O–H groups in total. The molecule has 1 atom stereocenters. The predicted octanol–water partition coefficient (Wildman–Crippen LogP) is 2.91. The Labute approximate surface area is 119 Å². The van der Waals surface area contributed by atoms with E-state index in [0.717, 1.165) is 6.07 Å². The highest BCUT2D eigenvalue weighted by Gasteiger charge is 2.34. The fourth-order valence-corrected chi connectivity index (χ4v) is 1.92. The second-order valence-corrected chi connectivity index (χ2v) is 4.29. The number of ether oxygens (including phenoxy) is 1. The Morgan fingerprint density at radius 3 is 2.67 bits per heavy atom. The number of cyclic esters (lactones) is 1. The average Bonchev–Trinajstić information content (AvgIpc) is 2.38. The van der Waals surface area contributed by atoms with Crippen molar-refractivity contribution in [1.29, 1.82) is 0 Å². The third-order valence-electron chi connectivity index (χ3n) is 2.82. The molecule has 1 heterocycles. The van der Waals surface area contributed by atoms with Crippen LogP contribution < -0.4 is 5.43 Å². The van der Waals surface area contributed by atoms with Gasteiger partial charge in [-0.3, -0.25) is 0 Å². The Kier molecular flexibility index (Phi) is 3.89. The highest BCUT2D eigenvalue weighted by molar-refractivity contribution is 6.05. The van der Waals surface area contributed by atoms with E-state index in [9.17, 15) is 18.0 Å². The molecule has 0 spiro atoms. The smallest absolute Gasteiger partial charge is 0.428 e. The number of nitrogens with one attached hydrogen (secondary N) is 1. The molecule has 0 aliphatic carbocycles. The Bertz CT molecular complexity index is 669. The van der Waals surface area contributed by atoms with Crippen molar-refractivity contribution in [3.63, 3.8) is 0 Å². The molecule has 0 radical (unpaired) electrons. The lowest BCUT2D eigenvalue weighted by molar-refractivity contribution is -0.137. The van der Waals surface area contributed by atoms with Gasteiger partial charge in [0, 0.05) is 11.1 Å². The van der Waals surface area contributed by atoms with Crippen LogP contribution in [0.4, 0.5) is 18.0 Å². The first-order valence-electron chi connectivity index (χ1n) is 6.01. The highest BCUT2D eigenvalue weighted by atomic mass is 19.4. The van der Waals surface area contributed by atoms with Gasteiger partial charge >= 0.3 is 12.3 Å². The van der Waals surface area contributed by atoms with E-state index < -0.39 is 23.9 Å². The van der Waals surface area contributed by atoms with Gasteiger partial charge in [0.1, 0.15) is 11.8 Å². The maximum Gasteiger partial charge on any atom is 0.428 e. The Morgan fingerprint density at radius 1 is 1.38 bits per heavy atom. The van der Waals surface area contributed by atoms with Gasteiger partial charge in [-0.2, -0.15) is 18.3 Å². The summed E-state index contributed by atoms with van der Waals surface area (Å²) in [6.45, 7) is 3.00. The van der Waals surface area contributed by atoms with Crippen LogP contribution in [0.1, 0.15) is 30.5 Å². The van der Waals surface area contributed by atoms with Crippen molar-refractivity contribution in [3.05, 3.63) is 34.9 Å². The summed E-state index contributed by atoms with van der Waals surface area (Å²) in [6, 6.07) is 3.70. The highest BCUT2D eigenvalue weighted by Crippen LogP contribution is 2.33. The van der Waals surface area contributed by atoms with Gasteiger partial charge in [-0.05, 0) is 26.0 Å².